The molecule has 1 atom stereocenters. The van der Waals surface area contributed by atoms with E-state index in [0.717, 1.165) is 27.0 Å². The summed E-state index contributed by atoms with van der Waals surface area (Å²) in [6.07, 6.45) is 0.201. The van der Waals surface area contributed by atoms with Crippen molar-refractivity contribution >= 4 is 102 Å². The second-order valence-corrected chi connectivity index (χ2v) is 9.83. The van der Waals surface area contributed by atoms with Gasteiger partial charge in [-0.05, 0) is 41.2 Å². The van der Waals surface area contributed by atoms with Crippen molar-refractivity contribution in [2.75, 3.05) is 5.32 Å². The third-order valence-electron chi connectivity index (χ3n) is 5.69. The first kappa shape index (κ1) is 27.2. The molecule has 0 fully saturated rings. The normalized spacial score (nSPS) is 19.3. The summed E-state index contributed by atoms with van der Waals surface area (Å²) >= 11 is 7.69. The number of allylic oxidation sites excluding steroid dienone is 1. The number of nitrogens with two attached hydrogens (primary N) is 1. The Balaban J connectivity index is 0.000000215. The van der Waals surface area contributed by atoms with E-state index in [9.17, 15) is 0 Å². The molecule has 2 aromatic heterocycles. The minimum Gasteiger partial charge on any atom is -0.391 e. The molecule has 0 spiro atoms. The Bertz CT molecular complexity index is 1210. The van der Waals surface area contributed by atoms with Crippen LogP contribution in [0.4, 0.5) is 5.69 Å². The standard InChI is InChI=1S/C15H11B2ClN2S.C6H5B6N/c1-9-8-21-14-11(7-12(18)19-13(9)14)20-15(16,17)10-5-3-2-4-6-10;7-3-4(8)6(11,12)2(13)1-5(3,9)10/h2-8H,1H3,(H,19,20);2H,1,13H2. The summed E-state index contributed by atoms with van der Waals surface area (Å²) in [6, 6.07) is 10.6. The Morgan fingerprint density at radius 3 is 2.35 bits per heavy atom. The number of aryl methyl sites for hydroxylation is 1. The molecule has 1 aliphatic carbocycles. The maximum atomic E-state index is 6.23. The van der Waals surface area contributed by atoms with Crippen molar-refractivity contribution in [1.29, 1.82) is 0 Å². The van der Waals surface area contributed by atoms with E-state index in [-0.39, 0.29) is 17.4 Å². The topological polar surface area (TPSA) is 50.9 Å². The number of nitrogens with one attached hydrogen (secondary N) is 1. The van der Waals surface area contributed by atoms with E-state index in [4.69, 9.17) is 80.1 Å². The molecule has 4 rings (SSSR count). The van der Waals surface area contributed by atoms with E-state index < -0.39 is 21.8 Å². The molecule has 0 saturated carbocycles. The van der Waals surface area contributed by atoms with E-state index in [1.165, 1.54) is 0 Å². The van der Waals surface area contributed by atoms with Gasteiger partial charge in [-0.25, -0.2) is 4.98 Å². The number of rotatable bonds is 3. The second kappa shape index (κ2) is 9.95. The average molecular weight is 464 g/mol. The zero-order valence-electron chi connectivity index (χ0n) is 18.8. The van der Waals surface area contributed by atoms with Gasteiger partial charge in [-0.2, -0.15) is 0 Å². The van der Waals surface area contributed by atoms with Gasteiger partial charge in [0, 0.05) is 6.07 Å². The van der Waals surface area contributed by atoms with Crippen LogP contribution in [0.5, 0.6) is 0 Å². The summed E-state index contributed by atoms with van der Waals surface area (Å²) in [5.74, 6) is 0. The van der Waals surface area contributed by atoms with Crippen LogP contribution in [0.1, 0.15) is 17.5 Å². The van der Waals surface area contributed by atoms with Crippen LogP contribution in [0, 0.1) is 6.92 Å². The molecular formula is C21H16B8ClN3S. The van der Waals surface area contributed by atoms with Crippen LogP contribution in [0.25, 0.3) is 10.2 Å². The minimum atomic E-state index is -1.33. The van der Waals surface area contributed by atoms with Crippen LogP contribution in [0.15, 0.2) is 52.7 Å². The fraction of sp³-hybridized carbons (Fsp3) is 0.286. The first-order chi connectivity index (χ1) is 15.7. The van der Waals surface area contributed by atoms with Crippen molar-refractivity contribution in [2.45, 2.75) is 35.2 Å². The molecule has 0 bridgehead atoms. The first-order valence-corrected chi connectivity index (χ1v) is 11.6. The third kappa shape index (κ3) is 5.55. The van der Waals surface area contributed by atoms with Crippen LogP contribution in [-0.4, -0.2) is 73.8 Å². The summed E-state index contributed by atoms with van der Waals surface area (Å²) < 4.78 is 0.994. The average Bonchev–Trinajstić information content (AvgIpc) is 3.13. The van der Waals surface area contributed by atoms with E-state index in [1.54, 1.807) is 17.4 Å². The van der Waals surface area contributed by atoms with Gasteiger partial charge in [0.05, 0.1) is 63.0 Å². The lowest BCUT2D eigenvalue weighted by Gasteiger charge is -2.48. The highest BCUT2D eigenvalue weighted by atomic mass is 35.5. The number of anilines is 1. The van der Waals surface area contributed by atoms with Crippen LogP contribution in [-0.2, 0) is 5.34 Å². The fourth-order valence-corrected chi connectivity index (χ4v) is 4.68. The molecule has 152 valence electrons. The van der Waals surface area contributed by atoms with Crippen molar-refractivity contribution in [1.82, 2.24) is 4.98 Å². The van der Waals surface area contributed by atoms with Crippen molar-refractivity contribution < 1.29 is 0 Å². The Hall–Kier alpha value is -1.36. The second-order valence-electron chi connectivity index (χ2n) is 8.56. The number of pyridine rings is 1. The quantitative estimate of drug-likeness (QED) is 0.461. The lowest BCUT2D eigenvalue weighted by Crippen LogP contribution is -2.46. The van der Waals surface area contributed by atoms with Crippen molar-refractivity contribution in [3.63, 3.8) is 0 Å². The molecule has 3 N–H and O–H groups in total. The number of hydrogen-bond acceptors (Lipinski definition) is 4. The Kier molecular flexibility index (Phi) is 7.97. The summed E-state index contributed by atoms with van der Waals surface area (Å²) in [4.78, 5) is 4.35. The van der Waals surface area contributed by atoms with Gasteiger partial charge in [-0.15, -0.1) is 22.3 Å². The predicted molar refractivity (Wildman–Crippen MR) is 152 cm³/mol. The Labute approximate surface area is 221 Å². The molecule has 3 nitrogen and oxygen atoms in total. The highest BCUT2D eigenvalue weighted by Gasteiger charge is 2.38. The van der Waals surface area contributed by atoms with Gasteiger partial charge in [0.25, 0.3) is 0 Å². The zero-order chi connectivity index (χ0) is 25.5. The lowest BCUT2D eigenvalue weighted by molar-refractivity contribution is 0.539. The third-order valence-corrected chi connectivity index (χ3v) is 7.01. The highest BCUT2D eigenvalue weighted by molar-refractivity contribution is 7.18. The summed E-state index contributed by atoms with van der Waals surface area (Å²) in [7, 11) is 46.2. The van der Waals surface area contributed by atoms with Crippen molar-refractivity contribution in [2.24, 2.45) is 5.73 Å². The van der Waals surface area contributed by atoms with E-state index >= 15 is 0 Å². The lowest BCUT2D eigenvalue weighted by atomic mass is 9.31. The Morgan fingerprint density at radius 2 is 1.74 bits per heavy atom. The molecule has 0 saturated heterocycles. The smallest absolute Gasteiger partial charge is 0.131 e. The Morgan fingerprint density at radius 1 is 1.12 bits per heavy atom. The van der Waals surface area contributed by atoms with E-state index in [2.05, 4.69) is 10.3 Å². The predicted octanol–water partition coefficient (Wildman–Crippen LogP) is 1.99. The van der Waals surface area contributed by atoms with Gasteiger partial charge in [0.15, 0.2) is 0 Å². The van der Waals surface area contributed by atoms with Crippen LogP contribution in [0.2, 0.25) is 15.6 Å². The fourth-order valence-electron chi connectivity index (χ4n) is 3.52. The molecule has 1 unspecified atom stereocenters. The summed E-state index contributed by atoms with van der Waals surface area (Å²) in [5, 5.41) is 1.90. The number of halogens is 1. The number of thiophene rings is 1. The molecular weight excluding hydrogens is 448 g/mol. The highest BCUT2D eigenvalue weighted by Crippen LogP contribution is 2.47. The largest absolute Gasteiger partial charge is 0.391 e. The molecule has 0 amide bonds. The van der Waals surface area contributed by atoms with Gasteiger partial charge in [0.1, 0.15) is 20.8 Å². The van der Waals surface area contributed by atoms with Gasteiger partial charge >= 0.3 is 0 Å². The zero-order valence-corrected chi connectivity index (χ0v) is 20.3. The molecule has 34 heavy (non-hydrogen) atoms. The number of benzene rings is 1. The first-order valence-electron chi connectivity index (χ1n) is 10.3. The molecule has 1 aliphatic rings. The summed E-state index contributed by atoms with van der Waals surface area (Å²) in [6.45, 7) is 2.00. The van der Waals surface area contributed by atoms with Gasteiger partial charge in [-0.3, -0.25) is 0 Å². The monoisotopic (exact) mass is 465 g/mol. The van der Waals surface area contributed by atoms with Crippen molar-refractivity contribution in [3.05, 3.63) is 69.0 Å². The van der Waals surface area contributed by atoms with Gasteiger partial charge in [0.2, 0.25) is 0 Å². The van der Waals surface area contributed by atoms with Crippen LogP contribution < -0.4 is 11.1 Å². The SMILES string of the molecule is [B]C([B])(Nc1cc(Cl)nc2c(C)csc12)c1ccccc1.[B]C1=C([B])C([B])([B])C(N)CC1([B])[B]. The van der Waals surface area contributed by atoms with E-state index in [0.29, 0.717) is 5.15 Å². The van der Waals surface area contributed by atoms with E-state index in [1.807, 2.05) is 42.6 Å². The maximum Gasteiger partial charge on any atom is 0.131 e. The summed E-state index contributed by atoms with van der Waals surface area (Å²) in [5.41, 5.74) is 9.37. The molecule has 13 heteroatoms. The number of hydrogen-bond donors (Lipinski definition) is 2. The molecule has 16 radical (unpaired) electrons. The van der Waals surface area contributed by atoms with Gasteiger partial charge < -0.3 is 11.1 Å². The minimum absolute atomic E-state index is 0.0660. The van der Waals surface area contributed by atoms with Gasteiger partial charge in [-0.1, -0.05) is 52.4 Å². The number of fused-ring (bicyclic) bond motifs is 1. The molecule has 1 aromatic carbocycles. The molecule has 3 aromatic rings. The molecule has 0 aliphatic heterocycles. The van der Waals surface area contributed by atoms with Crippen LogP contribution in [0.3, 0.4) is 0 Å². The number of aromatic nitrogens is 1. The van der Waals surface area contributed by atoms with Crippen LogP contribution >= 0.6 is 22.9 Å². The maximum absolute atomic E-state index is 6.23. The number of nitrogens with zero attached hydrogens (tertiary/aromatic N) is 1. The molecule has 2 heterocycles. The van der Waals surface area contributed by atoms with Crippen molar-refractivity contribution in [3.8, 4) is 0 Å².